The Morgan fingerprint density at radius 1 is 0.367 bits per heavy atom. The Kier molecular flexibility index (Phi) is 12.0. The molecule has 7 aromatic heterocycles. The van der Waals surface area contributed by atoms with Crippen molar-refractivity contribution < 1.29 is 0 Å². The van der Waals surface area contributed by atoms with Gasteiger partial charge in [-0.3, -0.25) is 0 Å². The molecular formula is C90H62N8. The summed E-state index contributed by atoms with van der Waals surface area (Å²) in [7, 11) is 0. The Morgan fingerprint density at radius 2 is 0.694 bits per heavy atom. The van der Waals surface area contributed by atoms with Gasteiger partial charge in [0, 0.05) is 93.3 Å². The number of nitrogens with zero attached hydrogens (tertiary/aromatic N) is 8. The molecule has 19 aromatic rings. The molecular weight excluding hydrogens is 1190 g/mol. The molecule has 0 amide bonds. The van der Waals surface area contributed by atoms with Crippen LogP contribution in [-0.4, -0.2) is 32.0 Å². The fourth-order valence-electron chi connectivity index (χ4n) is 17.4. The van der Waals surface area contributed by atoms with Crippen molar-refractivity contribution in [3.8, 4) is 45.9 Å². The third-order valence-electron chi connectivity index (χ3n) is 21.3. The predicted octanol–water partition coefficient (Wildman–Crippen LogP) is 23.0. The van der Waals surface area contributed by atoms with E-state index >= 15 is 0 Å². The van der Waals surface area contributed by atoms with Crippen LogP contribution in [0, 0.1) is 25.2 Å². The van der Waals surface area contributed by atoms with Gasteiger partial charge in [-0.2, -0.15) is 5.26 Å². The zero-order chi connectivity index (χ0) is 65.2. The van der Waals surface area contributed by atoms with Gasteiger partial charge in [-0.05, 0) is 142 Å². The summed E-state index contributed by atoms with van der Waals surface area (Å²) in [5.41, 5.74) is 24.8. The quantitative estimate of drug-likeness (QED) is 0.142. The lowest BCUT2D eigenvalue weighted by molar-refractivity contribution is 0.864. The highest BCUT2D eigenvalue weighted by Crippen LogP contribution is 2.52. The van der Waals surface area contributed by atoms with Crippen LogP contribution in [0.1, 0.15) is 52.7 Å². The lowest BCUT2D eigenvalue weighted by Crippen LogP contribution is -2.20. The molecule has 0 spiro atoms. The summed E-state index contributed by atoms with van der Waals surface area (Å²) in [4.78, 5) is 0. The Hall–Kier alpha value is -12.8. The highest BCUT2D eigenvalue weighted by atomic mass is 15.2. The van der Waals surface area contributed by atoms with Crippen molar-refractivity contribution in [3.05, 3.63) is 313 Å². The van der Waals surface area contributed by atoms with Crippen LogP contribution in [0.2, 0.25) is 0 Å². The monoisotopic (exact) mass is 1250 g/mol. The predicted molar refractivity (Wildman–Crippen MR) is 411 cm³/mol. The number of allylic oxidation sites excluding steroid dienone is 2. The molecule has 0 saturated heterocycles. The average molecular weight is 1260 g/mol. The number of rotatable bonds is 9. The minimum Gasteiger partial charge on any atom is -0.310 e. The molecule has 0 fully saturated rings. The van der Waals surface area contributed by atoms with Crippen LogP contribution < -0.4 is 0 Å². The molecule has 8 heteroatoms. The molecule has 0 aliphatic heterocycles. The van der Waals surface area contributed by atoms with Gasteiger partial charge < -0.3 is 32.0 Å². The first-order valence-electron chi connectivity index (χ1n) is 33.9. The minimum atomic E-state index is 0.510. The second-order valence-electron chi connectivity index (χ2n) is 26.1. The second kappa shape index (κ2) is 21.1. The summed E-state index contributed by atoms with van der Waals surface area (Å²) < 4.78 is 17.3. The molecule has 0 N–H and O–H groups in total. The van der Waals surface area contributed by atoms with Gasteiger partial charge >= 0.3 is 0 Å². The van der Waals surface area contributed by atoms with Gasteiger partial charge in [0.1, 0.15) is 11.6 Å². The Morgan fingerprint density at radius 3 is 1.09 bits per heavy atom. The first-order valence-corrected chi connectivity index (χ1v) is 33.9. The zero-order valence-electron chi connectivity index (χ0n) is 54.3. The first kappa shape index (κ1) is 55.6. The van der Waals surface area contributed by atoms with E-state index in [1.807, 2.05) is 6.08 Å². The Labute approximate surface area is 564 Å². The van der Waals surface area contributed by atoms with E-state index in [1.165, 1.54) is 21.5 Å². The third-order valence-corrected chi connectivity index (χ3v) is 21.3. The number of fused-ring (bicyclic) bond motifs is 18. The normalized spacial score (nSPS) is 12.7. The van der Waals surface area contributed by atoms with Crippen LogP contribution in [0.15, 0.2) is 274 Å². The van der Waals surface area contributed by atoms with Crippen molar-refractivity contribution in [2.75, 3.05) is 0 Å². The van der Waals surface area contributed by atoms with E-state index in [2.05, 4.69) is 344 Å². The molecule has 462 valence electrons. The number of benzene rings is 12. The fraction of sp³-hybridized carbons (Fsp3) is 0.0556. The summed E-state index contributed by atoms with van der Waals surface area (Å²) >= 11 is 0. The first-order chi connectivity index (χ1) is 48.4. The molecule has 0 radical (unpaired) electrons. The molecule has 12 aromatic carbocycles. The number of aromatic nitrogens is 7. The van der Waals surface area contributed by atoms with Crippen molar-refractivity contribution in [1.82, 2.24) is 32.0 Å². The SMILES string of the molecule is C=Cc1c(C)c(/C=C\C)c(C)n1-c1c(C#N)c(-n2c3ccccc3c3ccccc32)c(-n2c3ccccc3c3cc(-n4c5ccccc5c5ccccc54)ccc32)c(-n2c3ccccc3c3ccccc32)c1-n1c2c(c3cc(-n4c5ccccc5c5ccccc54)ccc31)C=CCC2. The number of hydrogen-bond donors (Lipinski definition) is 0. The number of para-hydroxylation sites is 9. The molecule has 0 saturated carbocycles. The van der Waals surface area contributed by atoms with Crippen molar-refractivity contribution >= 4 is 138 Å². The lowest BCUT2D eigenvalue weighted by atomic mass is 10.00. The Balaban J connectivity index is 1.06. The van der Waals surface area contributed by atoms with Crippen molar-refractivity contribution in [1.29, 1.82) is 5.26 Å². The van der Waals surface area contributed by atoms with E-state index in [-0.39, 0.29) is 0 Å². The summed E-state index contributed by atoms with van der Waals surface area (Å²) in [6.45, 7) is 11.2. The van der Waals surface area contributed by atoms with E-state index in [0.29, 0.717) is 5.56 Å². The van der Waals surface area contributed by atoms with Crippen molar-refractivity contribution in [3.63, 3.8) is 0 Å². The van der Waals surface area contributed by atoms with E-state index in [1.54, 1.807) is 0 Å². The van der Waals surface area contributed by atoms with Crippen LogP contribution in [0.25, 0.3) is 178 Å². The number of nitriles is 1. The maximum atomic E-state index is 13.4. The molecule has 20 rings (SSSR count). The fourth-order valence-corrected chi connectivity index (χ4v) is 17.4. The van der Waals surface area contributed by atoms with Crippen molar-refractivity contribution in [2.24, 2.45) is 0 Å². The molecule has 1 aliphatic rings. The maximum Gasteiger partial charge on any atom is 0.105 e. The van der Waals surface area contributed by atoms with Gasteiger partial charge in [0.05, 0.1) is 89.1 Å². The van der Waals surface area contributed by atoms with E-state index in [4.69, 9.17) is 0 Å². The molecule has 8 nitrogen and oxygen atoms in total. The van der Waals surface area contributed by atoms with Crippen LogP contribution in [0.3, 0.4) is 0 Å². The van der Waals surface area contributed by atoms with Crippen molar-refractivity contribution in [2.45, 2.75) is 33.6 Å². The van der Waals surface area contributed by atoms with Gasteiger partial charge in [0.15, 0.2) is 0 Å². The van der Waals surface area contributed by atoms with E-state index in [9.17, 15) is 5.26 Å². The molecule has 0 bridgehead atoms. The smallest absolute Gasteiger partial charge is 0.105 e. The topological polar surface area (TPSA) is 58.3 Å². The van der Waals surface area contributed by atoms with Crippen LogP contribution in [0.4, 0.5) is 0 Å². The van der Waals surface area contributed by atoms with Crippen LogP contribution in [0.5, 0.6) is 0 Å². The van der Waals surface area contributed by atoms with Gasteiger partial charge in [-0.1, -0.05) is 195 Å². The van der Waals surface area contributed by atoms with Gasteiger partial charge in [0.25, 0.3) is 0 Å². The summed E-state index contributed by atoms with van der Waals surface area (Å²) in [5.74, 6) is 0. The van der Waals surface area contributed by atoms with Gasteiger partial charge in [-0.25, -0.2) is 0 Å². The Bertz CT molecular complexity index is 6600. The molecule has 7 heterocycles. The summed E-state index contributed by atoms with van der Waals surface area (Å²) in [6, 6.07) is 96.6. The lowest BCUT2D eigenvalue weighted by Gasteiger charge is -2.31. The summed E-state index contributed by atoms with van der Waals surface area (Å²) in [6.07, 6.45) is 12.6. The zero-order valence-corrected chi connectivity index (χ0v) is 54.3. The van der Waals surface area contributed by atoms with Gasteiger partial charge in [-0.15, -0.1) is 0 Å². The third kappa shape index (κ3) is 7.47. The standard InChI is InChI=1S/C90H62N8/c1-5-27-59-55(3)73(6-2)92(56(59)4)86-72(54-91)87(95-78-42-21-11-32-64(78)65-33-12-22-43-79(65)95)89(98-83-47-26-16-37-69(83)71-53-58(49-51-85(71)98)94-76-40-19-9-30-62(76)63-31-10-20-41-77(63)94)90(96-80-44-23-13-34-66(80)67-35-14-24-45-81(67)96)88(86)97-82-46-25-15-36-68(82)70-52-57(48-50-84(70)97)93-74-38-17-7-28-60(74)61-29-8-18-39-75(61)93/h5-24,26-45,47-53H,2,25,46H2,1,3-4H3/b27-5-. The average Bonchev–Trinajstić information content (AvgIpc) is 1.46. The number of hydrogen-bond acceptors (Lipinski definition) is 1. The summed E-state index contributed by atoms with van der Waals surface area (Å²) in [5, 5.41) is 25.9. The van der Waals surface area contributed by atoms with Gasteiger partial charge in [0.2, 0.25) is 0 Å². The van der Waals surface area contributed by atoms with Crippen LogP contribution in [-0.2, 0) is 6.42 Å². The molecule has 1 aliphatic carbocycles. The molecule has 0 unspecified atom stereocenters. The minimum absolute atomic E-state index is 0.510. The molecule has 98 heavy (non-hydrogen) atoms. The van der Waals surface area contributed by atoms with E-state index in [0.717, 1.165) is 185 Å². The molecule has 0 atom stereocenters. The largest absolute Gasteiger partial charge is 0.310 e. The maximum absolute atomic E-state index is 13.4. The van der Waals surface area contributed by atoms with Crippen LogP contribution >= 0.6 is 0 Å². The second-order valence-corrected chi connectivity index (χ2v) is 26.1. The highest BCUT2D eigenvalue weighted by Gasteiger charge is 2.38. The van der Waals surface area contributed by atoms with E-state index < -0.39 is 0 Å². The highest BCUT2D eigenvalue weighted by molar-refractivity contribution is 6.17.